The Morgan fingerprint density at radius 3 is 2.87 bits per heavy atom. The number of ether oxygens (including phenoxy) is 2. The third-order valence-corrected chi connectivity index (χ3v) is 3.79. The molecule has 1 aromatic carbocycles. The van der Waals surface area contributed by atoms with Gasteiger partial charge in [-0.15, -0.1) is 6.58 Å². The number of rotatable bonds is 3. The molecule has 2 aliphatic heterocycles. The third-order valence-electron chi connectivity index (χ3n) is 3.79. The summed E-state index contributed by atoms with van der Waals surface area (Å²) in [6.45, 7) is 3.77. The molecule has 0 spiro atoms. The molecular weight excluding hydrogens is 297 g/mol. The van der Waals surface area contributed by atoms with Crippen LogP contribution in [0.1, 0.15) is 6.42 Å². The van der Waals surface area contributed by atoms with Crippen LogP contribution in [0.3, 0.4) is 0 Å². The number of para-hydroxylation sites is 1. The van der Waals surface area contributed by atoms with Crippen molar-refractivity contribution in [3.63, 3.8) is 0 Å². The highest BCUT2D eigenvalue weighted by atomic mass is 19.1. The smallest absolute Gasteiger partial charge is 0.237 e. The van der Waals surface area contributed by atoms with E-state index in [0.29, 0.717) is 6.42 Å². The Balaban J connectivity index is 1.92. The second-order valence-electron chi connectivity index (χ2n) is 5.46. The predicted molar refractivity (Wildman–Crippen MR) is 85.2 cm³/mol. The minimum Gasteiger partial charge on any atom is -0.498 e. The molecule has 5 heteroatoms. The number of benzene rings is 1. The Labute approximate surface area is 134 Å². The molecule has 3 atom stereocenters. The van der Waals surface area contributed by atoms with Gasteiger partial charge in [-0.25, -0.2) is 4.39 Å². The molecule has 0 aliphatic carbocycles. The maximum atomic E-state index is 13.8. The van der Waals surface area contributed by atoms with Gasteiger partial charge in [0.25, 0.3) is 0 Å². The summed E-state index contributed by atoms with van der Waals surface area (Å²) < 4.78 is 24.3. The van der Waals surface area contributed by atoms with Gasteiger partial charge in [0.1, 0.15) is 18.5 Å². The molecule has 1 aromatic rings. The molecule has 2 heterocycles. The Kier molecular flexibility index (Phi) is 4.57. The van der Waals surface area contributed by atoms with Crippen molar-refractivity contribution in [1.82, 2.24) is 0 Å². The van der Waals surface area contributed by atoms with Crippen LogP contribution in [-0.2, 0) is 14.3 Å². The highest BCUT2D eigenvalue weighted by Crippen LogP contribution is 2.32. The van der Waals surface area contributed by atoms with E-state index in [0.717, 1.165) is 11.9 Å². The zero-order valence-electron chi connectivity index (χ0n) is 12.6. The van der Waals surface area contributed by atoms with Crippen molar-refractivity contribution in [3.8, 4) is 0 Å². The van der Waals surface area contributed by atoms with E-state index >= 15 is 0 Å². The number of epoxide rings is 1. The standard InChI is InChI=1S/C18H18FNO3/c1-2-6-13-11-22-12-15(19)17-16(23-17)9-10-20(18(13)21)14-7-4-3-5-8-14/h2-5,7-10,12-13,16-17H,1,6,11H2/b10-9-,15-12+. The van der Waals surface area contributed by atoms with Gasteiger partial charge in [0.15, 0.2) is 5.83 Å². The number of carbonyl (C=O) groups is 1. The van der Waals surface area contributed by atoms with Crippen LogP contribution in [0.2, 0.25) is 0 Å². The molecule has 4 nitrogen and oxygen atoms in total. The molecule has 1 fully saturated rings. The monoisotopic (exact) mass is 315 g/mol. The van der Waals surface area contributed by atoms with Crippen LogP contribution in [0, 0.1) is 5.92 Å². The zero-order chi connectivity index (χ0) is 16.2. The minimum absolute atomic E-state index is 0.0901. The normalized spacial score (nSPS) is 31.0. The van der Waals surface area contributed by atoms with Crippen LogP contribution >= 0.6 is 0 Å². The van der Waals surface area contributed by atoms with Crippen molar-refractivity contribution in [3.05, 3.63) is 67.4 Å². The van der Waals surface area contributed by atoms with Crippen LogP contribution in [0.4, 0.5) is 10.1 Å². The van der Waals surface area contributed by atoms with Gasteiger partial charge in [-0.3, -0.25) is 9.69 Å². The Bertz CT molecular complexity index is 641. The van der Waals surface area contributed by atoms with Crippen LogP contribution in [0.15, 0.2) is 67.4 Å². The molecule has 2 aliphatic rings. The van der Waals surface area contributed by atoms with Crippen molar-refractivity contribution >= 4 is 11.6 Å². The van der Waals surface area contributed by atoms with Crippen molar-refractivity contribution < 1.29 is 18.7 Å². The Hall–Kier alpha value is -2.40. The summed E-state index contributed by atoms with van der Waals surface area (Å²) in [6.07, 6.45) is 5.52. The van der Waals surface area contributed by atoms with Crippen molar-refractivity contribution in [2.24, 2.45) is 5.92 Å². The second-order valence-corrected chi connectivity index (χ2v) is 5.46. The summed E-state index contributed by atoms with van der Waals surface area (Å²) >= 11 is 0. The maximum absolute atomic E-state index is 13.8. The largest absolute Gasteiger partial charge is 0.498 e. The van der Waals surface area contributed by atoms with E-state index in [1.807, 2.05) is 30.3 Å². The summed E-state index contributed by atoms with van der Waals surface area (Å²) in [6, 6.07) is 9.29. The lowest BCUT2D eigenvalue weighted by atomic mass is 10.0. The molecule has 120 valence electrons. The van der Waals surface area contributed by atoms with Crippen LogP contribution in [-0.4, -0.2) is 24.7 Å². The summed E-state index contributed by atoms with van der Waals surface area (Å²) in [5, 5.41) is 0. The first kappa shape index (κ1) is 15.5. The fraction of sp³-hybridized carbons (Fsp3) is 0.278. The van der Waals surface area contributed by atoms with Gasteiger partial charge in [-0.2, -0.15) is 0 Å². The van der Waals surface area contributed by atoms with E-state index in [2.05, 4.69) is 6.58 Å². The van der Waals surface area contributed by atoms with E-state index in [1.165, 1.54) is 0 Å². The third kappa shape index (κ3) is 3.51. The zero-order valence-corrected chi connectivity index (χ0v) is 12.6. The number of hydrogen-bond acceptors (Lipinski definition) is 3. The average Bonchev–Trinajstić information content (AvgIpc) is 3.34. The molecule has 23 heavy (non-hydrogen) atoms. The van der Waals surface area contributed by atoms with E-state index < -0.39 is 17.8 Å². The molecule has 1 amide bonds. The molecular formula is C18H18FNO3. The van der Waals surface area contributed by atoms with Crippen LogP contribution in [0.5, 0.6) is 0 Å². The first-order valence-corrected chi connectivity index (χ1v) is 7.50. The lowest BCUT2D eigenvalue weighted by molar-refractivity contribution is -0.123. The number of hydrogen-bond donors (Lipinski definition) is 0. The lowest BCUT2D eigenvalue weighted by Crippen LogP contribution is -2.34. The van der Waals surface area contributed by atoms with Gasteiger partial charge >= 0.3 is 0 Å². The summed E-state index contributed by atoms with van der Waals surface area (Å²) in [4.78, 5) is 14.4. The highest BCUT2D eigenvalue weighted by molar-refractivity contribution is 5.96. The van der Waals surface area contributed by atoms with Gasteiger partial charge < -0.3 is 9.47 Å². The molecule has 0 saturated carbocycles. The number of carbonyl (C=O) groups excluding carboxylic acids is 1. The predicted octanol–water partition coefficient (Wildman–Crippen LogP) is 3.33. The summed E-state index contributed by atoms with van der Waals surface area (Å²) in [7, 11) is 0. The average molecular weight is 315 g/mol. The molecule has 3 rings (SSSR count). The van der Waals surface area contributed by atoms with Crippen LogP contribution in [0.25, 0.3) is 0 Å². The van der Waals surface area contributed by atoms with E-state index in [-0.39, 0.29) is 18.6 Å². The molecule has 0 bridgehead atoms. The van der Waals surface area contributed by atoms with Gasteiger partial charge in [0.05, 0.1) is 12.5 Å². The molecule has 0 aromatic heterocycles. The fourth-order valence-electron chi connectivity index (χ4n) is 2.49. The first-order chi connectivity index (χ1) is 11.2. The van der Waals surface area contributed by atoms with Crippen molar-refractivity contribution in [1.29, 1.82) is 0 Å². The fourth-order valence-corrected chi connectivity index (χ4v) is 2.49. The number of nitrogens with zero attached hydrogens (tertiary/aromatic N) is 1. The van der Waals surface area contributed by atoms with Crippen molar-refractivity contribution in [2.45, 2.75) is 18.6 Å². The number of allylic oxidation sites excluding steroid dienone is 1. The lowest BCUT2D eigenvalue weighted by Gasteiger charge is -2.23. The quantitative estimate of drug-likeness (QED) is 0.634. The van der Waals surface area contributed by atoms with Gasteiger partial charge in [0.2, 0.25) is 5.91 Å². The van der Waals surface area contributed by atoms with Crippen LogP contribution < -0.4 is 4.90 Å². The topological polar surface area (TPSA) is 42.1 Å². The van der Waals surface area contributed by atoms with Crippen molar-refractivity contribution in [2.75, 3.05) is 11.5 Å². The first-order valence-electron chi connectivity index (χ1n) is 7.50. The summed E-state index contributed by atoms with van der Waals surface area (Å²) in [5.41, 5.74) is 0.743. The molecule has 0 radical (unpaired) electrons. The van der Waals surface area contributed by atoms with Gasteiger partial charge in [0, 0.05) is 11.9 Å². The SMILES string of the molecule is C=CCC1CO/C=C(/F)C2OC2/C=C\N(c2ccccc2)C1=O. The Morgan fingerprint density at radius 2 is 2.13 bits per heavy atom. The van der Waals surface area contributed by atoms with E-state index in [4.69, 9.17) is 9.47 Å². The number of anilines is 1. The van der Waals surface area contributed by atoms with Gasteiger partial charge in [-0.1, -0.05) is 24.3 Å². The maximum Gasteiger partial charge on any atom is 0.237 e. The molecule has 3 unspecified atom stereocenters. The number of amides is 1. The Morgan fingerprint density at radius 1 is 1.35 bits per heavy atom. The summed E-state index contributed by atoms with van der Waals surface area (Å²) in [5.74, 6) is -1.02. The van der Waals surface area contributed by atoms with Gasteiger partial charge in [-0.05, 0) is 24.6 Å². The van der Waals surface area contributed by atoms with E-state index in [1.54, 1.807) is 23.3 Å². The second kappa shape index (κ2) is 6.79. The van der Waals surface area contributed by atoms with E-state index in [9.17, 15) is 9.18 Å². The highest BCUT2D eigenvalue weighted by Gasteiger charge is 2.41. The molecule has 0 N–H and O–H groups in total. The number of fused-ring (bicyclic) bond motifs is 1. The minimum atomic E-state index is -0.616. The molecule has 1 saturated heterocycles. The number of halogens is 1.